The summed E-state index contributed by atoms with van der Waals surface area (Å²) in [6, 6.07) is 9.63. The second-order valence-electron chi connectivity index (χ2n) is 11.4. The normalized spacial score (nSPS) is 24.7. The monoisotopic (exact) mass is 603 g/mol. The molecular weight excluding hydrogens is 562 g/mol. The van der Waals surface area contributed by atoms with Gasteiger partial charge in [-0.05, 0) is 91.9 Å². The maximum absolute atomic E-state index is 13.0. The minimum atomic E-state index is -0.470. The van der Waals surface area contributed by atoms with Gasteiger partial charge in [-0.2, -0.15) is 5.26 Å². The largest absolute Gasteiger partial charge is 0.501 e. The molecule has 0 aromatic heterocycles. The number of allylic oxidation sites excluding steroid dienone is 3. The first-order valence-corrected chi connectivity index (χ1v) is 14.7. The van der Waals surface area contributed by atoms with Crippen LogP contribution in [0.4, 0.5) is 0 Å². The molecule has 2 aromatic carbocycles. The van der Waals surface area contributed by atoms with Crippen molar-refractivity contribution in [3.8, 4) is 29.1 Å². The van der Waals surface area contributed by atoms with Gasteiger partial charge in [0, 0.05) is 18.2 Å². The van der Waals surface area contributed by atoms with Crippen LogP contribution in [-0.2, 0) is 27.1 Å². The Morgan fingerprint density at radius 3 is 1.98 bits per heavy atom. The lowest BCUT2D eigenvalue weighted by Crippen LogP contribution is -2.68. The van der Waals surface area contributed by atoms with Gasteiger partial charge in [0.1, 0.15) is 12.6 Å². The summed E-state index contributed by atoms with van der Waals surface area (Å²) in [4.78, 5) is 17.5. The van der Waals surface area contributed by atoms with E-state index in [1.54, 1.807) is 41.6 Å². The summed E-state index contributed by atoms with van der Waals surface area (Å²) in [5.41, 5.74) is 5.14. The van der Waals surface area contributed by atoms with E-state index in [0.29, 0.717) is 35.8 Å². The van der Waals surface area contributed by atoms with Gasteiger partial charge in [0.05, 0.1) is 59.5 Å². The van der Waals surface area contributed by atoms with Crippen LogP contribution in [0.5, 0.6) is 23.0 Å². The maximum Gasteiger partial charge on any atom is 0.330 e. The molecule has 2 aromatic rings. The highest BCUT2D eigenvalue weighted by Gasteiger charge is 2.54. The molecule has 1 saturated heterocycles. The lowest BCUT2D eigenvalue weighted by atomic mass is 9.72. The summed E-state index contributed by atoms with van der Waals surface area (Å²) in [7, 11) is 10.2. The summed E-state index contributed by atoms with van der Waals surface area (Å²) in [5.74, 6) is 2.80. The van der Waals surface area contributed by atoms with Gasteiger partial charge in [-0.15, -0.1) is 0 Å². The third kappa shape index (κ3) is 5.35. The summed E-state index contributed by atoms with van der Waals surface area (Å²) < 4.78 is 33.8. The van der Waals surface area contributed by atoms with E-state index >= 15 is 0 Å². The molecule has 5 rings (SSSR count). The smallest absolute Gasteiger partial charge is 0.330 e. The van der Waals surface area contributed by atoms with Crippen LogP contribution in [0.1, 0.15) is 48.2 Å². The van der Waals surface area contributed by atoms with Crippen molar-refractivity contribution in [1.29, 1.82) is 5.26 Å². The highest BCUT2D eigenvalue weighted by Crippen LogP contribution is 2.52. The number of nitrogens with zero attached hydrogens (tertiary/aromatic N) is 3. The fourth-order valence-corrected chi connectivity index (χ4v) is 7.03. The molecule has 10 heteroatoms. The SMILES string of the molecule is CO/C(C)=C(C)\C=C\C(=O)OCC1c2cc(OC)c(OC)cc2C[C@H]2[C@H]3c4cc(OC)c(OC)cc4C[C@@H]([C@H](C#N)N12)N3C. The van der Waals surface area contributed by atoms with E-state index in [1.807, 2.05) is 32.0 Å². The van der Waals surface area contributed by atoms with Gasteiger partial charge < -0.3 is 28.4 Å². The number of likely N-dealkylation sites (N-methyl/N-ethyl adjacent to an activating group) is 1. The van der Waals surface area contributed by atoms with Crippen molar-refractivity contribution < 1.29 is 33.2 Å². The number of nitriles is 1. The molecule has 0 aliphatic carbocycles. The predicted octanol–water partition coefficient (Wildman–Crippen LogP) is 4.53. The molecule has 1 unspecified atom stereocenters. The highest BCUT2D eigenvalue weighted by atomic mass is 16.5. The Balaban J connectivity index is 1.60. The van der Waals surface area contributed by atoms with Crippen molar-refractivity contribution >= 4 is 5.97 Å². The van der Waals surface area contributed by atoms with Crippen LogP contribution >= 0.6 is 0 Å². The van der Waals surface area contributed by atoms with E-state index < -0.39 is 12.0 Å². The van der Waals surface area contributed by atoms with Gasteiger partial charge in [-0.3, -0.25) is 9.80 Å². The second kappa shape index (κ2) is 12.8. The summed E-state index contributed by atoms with van der Waals surface area (Å²) in [5, 5.41) is 10.7. The molecule has 3 aliphatic rings. The van der Waals surface area contributed by atoms with Crippen LogP contribution in [0.3, 0.4) is 0 Å². The standard InChI is InChI=1S/C34H41N3O7/c1-19(20(2)39-4)9-10-33(38)44-18-28-23-15-31(42-7)29(40-5)13-21(23)12-26-34-24-16-32(43-8)30(41-6)14-22(24)11-25(36(34)3)27(17-35)37(26)28/h9-10,13-16,25-28,34H,11-12,18H2,1-8H3/b10-9+,20-19-/t25-,26-,27-,28?,34+/m0/s1. The number of carbonyl (C=O) groups is 1. The van der Waals surface area contributed by atoms with Crippen molar-refractivity contribution in [3.63, 3.8) is 0 Å². The first-order valence-electron chi connectivity index (χ1n) is 14.7. The number of fused-ring (bicyclic) bond motifs is 7. The number of benzene rings is 2. The molecule has 44 heavy (non-hydrogen) atoms. The quantitative estimate of drug-likeness (QED) is 0.176. The molecule has 3 heterocycles. The van der Waals surface area contributed by atoms with Crippen LogP contribution in [0, 0.1) is 11.3 Å². The van der Waals surface area contributed by atoms with Crippen LogP contribution in [0.25, 0.3) is 0 Å². The molecule has 0 saturated carbocycles. The van der Waals surface area contributed by atoms with E-state index in [2.05, 4.69) is 29.0 Å². The molecule has 234 valence electrons. The number of carbonyl (C=O) groups excluding carboxylic acids is 1. The molecule has 5 atom stereocenters. The number of hydrogen-bond acceptors (Lipinski definition) is 10. The molecule has 0 N–H and O–H groups in total. The van der Waals surface area contributed by atoms with Crippen LogP contribution in [0.15, 0.2) is 47.7 Å². The lowest BCUT2D eigenvalue weighted by Gasteiger charge is -2.59. The van der Waals surface area contributed by atoms with Crippen LogP contribution < -0.4 is 18.9 Å². The van der Waals surface area contributed by atoms with E-state index in [0.717, 1.165) is 33.6 Å². The number of esters is 1. The lowest BCUT2D eigenvalue weighted by molar-refractivity contribution is -0.143. The van der Waals surface area contributed by atoms with Gasteiger partial charge >= 0.3 is 5.97 Å². The Morgan fingerprint density at radius 1 is 0.864 bits per heavy atom. The van der Waals surface area contributed by atoms with Gasteiger partial charge in [0.25, 0.3) is 0 Å². The molecule has 0 amide bonds. The minimum Gasteiger partial charge on any atom is -0.501 e. The topological polar surface area (TPSA) is 103 Å². The first kappa shape index (κ1) is 31.2. The first-order chi connectivity index (χ1) is 21.2. The Labute approximate surface area is 259 Å². The molecule has 0 spiro atoms. The molecule has 10 nitrogen and oxygen atoms in total. The summed E-state index contributed by atoms with van der Waals surface area (Å²) in [6.45, 7) is 3.77. The van der Waals surface area contributed by atoms with Gasteiger partial charge in [0.15, 0.2) is 23.0 Å². The second-order valence-corrected chi connectivity index (χ2v) is 11.4. The summed E-state index contributed by atoms with van der Waals surface area (Å²) in [6.07, 6.45) is 4.42. The Morgan fingerprint density at radius 2 is 1.41 bits per heavy atom. The number of piperazine rings is 1. The number of methoxy groups -OCH3 is 5. The Hall–Kier alpha value is -4.20. The molecule has 3 aliphatic heterocycles. The summed E-state index contributed by atoms with van der Waals surface area (Å²) >= 11 is 0. The molecular formula is C34H41N3O7. The van der Waals surface area contributed by atoms with Crippen LogP contribution in [0.2, 0.25) is 0 Å². The maximum atomic E-state index is 13.0. The van der Waals surface area contributed by atoms with Crippen molar-refractivity contribution in [2.45, 2.75) is 56.9 Å². The number of rotatable bonds is 9. The highest BCUT2D eigenvalue weighted by molar-refractivity contribution is 5.82. The van der Waals surface area contributed by atoms with Crippen molar-refractivity contribution in [2.75, 3.05) is 49.2 Å². The average molecular weight is 604 g/mol. The van der Waals surface area contributed by atoms with Gasteiger partial charge in [-0.25, -0.2) is 4.79 Å². The van der Waals surface area contributed by atoms with E-state index in [9.17, 15) is 10.1 Å². The van der Waals surface area contributed by atoms with Crippen molar-refractivity contribution in [2.24, 2.45) is 0 Å². The third-order valence-electron chi connectivity index (χ3n) is 9.43. The zero-order chi connectivity index (χ0) is 31.7. The van der Waals surface area contributed by atoms with Crippen LogP contribution in [-0.4, -0.2) is 83.1 Å². The van der Waals surface area contributed by atoms with Crippen molar-refractivity contribution in [1.82, 2.24) is 9.80 Å². The Kier molecular flexibility index (Phi) is 9.09. The number of hydrogen-bond donors (Lipinski definition) is 0. The predicted molar refractivity (Wildman–Crippen MR) is 164 cm³/mol. The Bertz CT molecular complexity index is 1530. The molecule has 2 bridgehead atoms. The zero-order valence-corrected chi connectivity index (χ0v) is 26.7. The minimum absolute atomic E-state index is 0.0442. The fourth-order valence-electron chi connectivity index (χ4n) is 7.03. The van der Waals surface area contributed by atoms with E-state index in [-0.39, 0.29) is 30.8 Å². The number of ether oxygens (including phenoxy) is 6. The zero-order valence-electron chi connectivity index (χ0n) is 26.7. The average Bonchev–Trinajstić information content (AvgIpc) is 3.04. The van der Waals surface area contributed by atoms with Gasteiger partial charge in [0.2, 0.25) is 0 Å². The van der Waals surface area contributed by atoms with Gasteiger partial charge in [-0.1, -0.05) is 0 Å². The fraction of sp³-hybridized carbons (Fsp3) is 0.471. The van der Waals surface area contributed by atoms with E-state index in [1.165, 1.54) is 6.08 Å². The molecule has 0 radical (unpaired) electrons. The molecule has 1 fully saturated rings. The third-order valence-corrected chi connectivity index (χ3v) is 9.43. The van der Waals surface area contributed by atoms with E-state index in [4.69, 9.17) is 28.4 Å². The van der Waals surface area contributed by atoms with Crippen molar-refractivity contribution in [3.05, 3.63) is 70.0 Å².